The van der Waals surface area contributed by atoms with Gasteiger partial charge in [-0.25, -0.2) is 0 Å². The lowest BCUT2D eigenvalue weighted by atomic mass is 9.71. The van der Waals surface area contributed by atoms with E-state index in [1.807, 2.05) is 12.1 Å². The van der Waals surface area contributed by atoms with Gasteiger partial charge in [-0.3, -0.25) is 0 Å². The zero-order chi connectivity index (χ0) is 13.2. The van der Waals surface area contributed by atoms with E-state index in [1.54, 1.807) is 0 Å². The first kappa shape index (κ1) is 13.8. The highest BCUT2D eigenvalue weighted by molar-refractivity contribution is 9.10. The molecule has 0 aliphatic carbocycles. The number of benzene rings is 1. The molecule has 1 aliphatic rings. The van der Waals surface area contributed by atoms with Crippen molar-refractivity contribution in [2.45, 2.75) is 25.7 Å². The summed E-state index contributed by atoms with van der Waals surface area (Å²) in [7, 11) is 0. The third-order valence-corrected chi connectivity index (χ3v) is 4.00. The van der Waals surface area contributed by atoms with Crippen LogP contribution in [0.2, 0.25) is 0 Å². The van der Waals surface area contributed by atoms with Gasteiger partial charge in [-0.2, -0.15) is 0 Å². The topological polar surface area (TPSA) is 20.3 Å². The van der Waals surface area contributed by atoms with Crippen LogP contribution in [0.25, 0.3) is 0 Å². The van der Waals surface area contributed by atoms with Crippen molar-refractivity contribution in [3.63, 3.8) is 0 Å². The van der Waals surface area contributed by atoms with E-state index in [4.69, 9.17) is 0 Å². The van der Waals surface area contributed by atoms with Crippen LogP contribution in [0.3, 0.4) is 0 Å². The average Bonchev–Trinajstić information content (AvgIpc) is 2.25. The molecular formula is C15H19BrNO. The zero-order valence-electron chi connectivity index (χ0n) is 10.9. The largest absolute Gasteiger partial charge is 0.303 e. The number of aldehydes is 1. The number of rotatable bonds is 5. The van der Waals surface area contributed by atoms with Crippen LogP contribution in [0.1, 0.15) is 25.8 Å². The highest BCUT2D eigenvalue weighted by Crippen LogP contribution is 2.38. The lowest BCUT2D eigenvalue weighted by molar-refractivity contribution is -0.110. The van der Waals surface area contributed by atoms with Gasteiger partial charge in [0.25, 0.3) is 0 Å². The Labute approximate surface area is 117 Å². The van der Waals surface area contributed by atoms with Crippen molar-refractivity contribution < 1.29 is 4.79 Å². The molecule has 2 rings (SSSR count). The summed E-state index contributed by atoms with van der Waals surface area (Å²) in [5, 5.41) is 0. The molecule has 97 valence electrons. The minimum Gasteiger partial charge on any atom is -0.303 e. The summed E-state index contributed by atoms with van der Waals surface area (Å²) in [6, 6.07) is 8.35. The fraction of sp³-hybridized carbons (Fsp3) is 0.467. The zero-order valence-corrected chi connectivity index (χ0v) is 12.5. The van der Waals surface area contributed by atoms with E-state index in [0.717, 1.165) is 30.4 Å². The SMILES string of the molecule is C[C](C)CN1CC(CC=O)(c2cccc(Br)c2)C1. The quantitative estimate of drug-likeness (QED) is 0.779. The van der Waals surface area contributed by atoms with E-state index < -0.39 is 0 Å². The predicted octanol–water partition coefficient (Wildman–Crippen LogP) is 3.21. The second-order valence-corrected chi connectivity index (χ2v) is 6.43. The van der Waals surface area contributed by atoms with Crippen LogP contribution in [-0.4, -0.2) is 30.8 Å². The van der Waals surface area contributed by atoms with E-state index in [2.05, 4.69) is 46.8 Å². The highest BCUT2D eigenvalue weighted by Gasteiger charge is 2.43. The van der Waals surface area contributed by atoms with Gasteiger partial charge in [0.1, 0.15) is 6.29 Å². The van der Waals surface area contributed by atoms with E-state index in [1.165, 1.54) is 11.5 Å². The molecule has 0 unspecified atom stereocenters. The first-order valence-electron chi connectivity index (χ1n) is 6.27. The lowest BCUT2D eigenvalue weighted by Crippen LogP contribution is -2.60. The van der Waals surface area contributed by atoms with E-state index in [0.29, 0.717) is 6.42 Å². The number of hydrogen-bond donors (Lipinski definition) is 0. The summed E-state index contributed by atoms with van der Waals surface area (Å²) in [5.74, 6) is 1.42. The number of nitrogens with zero attached hydrogens (tertiary/aromatic N) is 1. The summed E-state index contributed by atoms with van der Waals surface area (Å²) in [4.78, 5) is 13.4. The fourth-order valence-electron chi connectivity index (χ4n) is 2.78. The van der Waals surface area contributed by atoms with Crippen molar-refractivity contribution in [2.24, 2.45) is 0 Å². The molecule has 0 bridgehead atoms. The number of likely N-dealkylation sites (tertiary alicyclic amines) is 1. The maximum atomic E-state index is 11.0. The summed E-state index contributed by atoms with van der Waals surface area (Å²) < 4.78 is 1.09. The number of hydrogen-bond acceptors (Lipinski definition) is 2. The van der Waals surface area contributed by atoms with Crippen LogP contribution >= 0.6 is 15.9 Å². The Morgan fingerprint density at radius 3 is 2.72 bits per heavy atom. The van der Waals surface area contributed by atoms with Gasteiger partial charge in [-0.05, 0) is 23.6 Å². The van der Waals surface area contributed by atoms with Crippen molar-refractivity contribution in [1.82, 2.24) is 4.90 Å². The summed E-state index contributed by atoms with van der Waals surface area (Å²) in [6.45, 7) is 7.30. The molecule has 2 nitrogen and oxygen atoms in total. The molecule has 18 heavy (non-hydrogen) atoms. The molecule has 3 heteroatoms. The molecule has 1 heterocycles. The second kappa shape index (κ2) is 5.54. The van der Waals surface area contributed by atoms with Gasteiger partial charge in [-0.1, -0.05) is 41.9 Å². The minimum atomic E-state index is 0.0288. The Morgan fingerprint density at radius 2 is 2.17 bits per heavy atom. The first-order chi connectivity index (χ1) is 8.55. The van der Waals surface area contributed by atoms with Crippen LogP contribution in [0, 0.1) is 5.92 Å². The second-order valence-electron chi connectivity index (χ2n) is 5.51. The molecule has 0 spiro atoms. The Kier molecular flexibility index (Phi) is 4.23. The van der Waals surface area contributed by atoms with Crippen molar-refractivity contribution in [2.75, 3.05) is 19.6 Å². The van der Waals surface area contributed by atoms with Gasteiger partial charge in [0, 0.05) is 35.9 Å². The molecule has 1 fully saturated rings. The maximum absolute atomic E-state index is 11.0. The average molecular weight is 309 g/mol. The van der Waals surface area contributed by atoms with Crippen molar-refractivity contribution in [3.8, 4) is 0 Å². The van der Waals surface area contributed by atoms with Crippen molar-refractivity contribution in [3.05, 3.63) is 40.2 Å². The van der Waals surface area contributed by atoms with Gasteiger partial charge in [0.15, 0.2) is 0 Å². The van der Waals surface area contributed by atoms with E-state index >= 15 is 0 Å². The number of carbonyl (C=O) groups is 1. The third kappa shape index (κ3) is 2.83. The summed E-state index contributed by atoms with van der Waals surface area (Å²) in [5.41, 5.74) is 1.30. The Bertz CT molecular complexity index is 424. The Morgan fingerprint density at radius 1 is 1.44 bits per heavy atom. The molecule has 1 radical (unpaired) electrons. The van der Waals surface area contributed by atoms with Crippen molar-refractivity contribution in [1.29, 1.82) is 0 Å². The molecule has 0 atom stereocenters. The van der Waals surface area contributed by atoms with Gasteiger partial charge in [-0.15, -0.1) is 0 Å². The maximum Gasteiger partial charge on any atom is 0.120 e. The third-order valence-electron chi connectivity index (χ3n) is 3.50. The monoisotopic (exact) mass is 308 g/mol. The van der Waals surface area contributed by atoms with Gasteiger partial charge < -0.3 is 9.69 Å². The van der Waals surface area contributed by atoms with E-state index in [-0.39, 0.29) is 5.41 Å². The van der Waals surface area contributed by atoms with Crippen molar-refractivity contribution >= 4 is 22.2 Å². The molecule has 0 N–H and O–H groups in total. The van der Waals surface area contributed by atoms with Crippen LogP contribution in [-0.2, 0) is 10.2 Å². The molecule has 1 aliphatic heterocycles. The number of halogens is 1. The summed E-state index contributed by atoms with van der Waals surface area (Å²) >= 11 is 3.51. The molecule has 1 saturated heterocycles. The standard InChI is InChI=1S/C15H19BrNO/c1-12(2)9-17-10-15(11-17,6-7-18)13-4-3-5-14(16)8-13/h3-5,7-8H,6,9-11H2,1-2H3. The van der Waals surface area contributed by atoms with Gasteiger partial charge in [0.2, 0.25) is 0 Å². The molecule has 0 saturated carbocycles. The molecule has 1 aromatic carbocycles. The van der Waals surface area contributed by atoms with Crippen LogP contribution < -0.4 is 0 Å². The molecular weight excluding hydrogens is 290 g/mol. The molecule has 0 aromatic heterocycles. The van der Waals surface area contributed by atoms with Gasteiger partial charge >= 0.3 is 0 Å². The minimum absolute atomic E-state index is 0.0288. The molecule has 0 amide bonds. The van der Waals surface area contributed by atoms with E-state index in [9.17, 15) is 4.79 Å². The number of carbonyl (C=O) groups excluding carboxylic acids is 1. The lowest BCUT2D eigenvalue weighted by Gasteiger charge is -2.50. The smallest absolute Gasteiger partial charge is 0.120 e. The Balaban J connectivity index is 2.13. The van der Waals surface area contributed by atoms with Crippen LogP contribution in [0.5, 0.6) is 0 Å². The summed E-state index contributed by atoms with van der Waals surface area (Å²) in [6.07, 6.45) is 1.67. The van der Waals surface area contributed by atoms with Crippen LogP contribution in [0.4, 0.5) is 0 Å². The highest BCUT2D eigenvalue weighted by atomic mass is 79.9. The first-order valence-corrected chi connectivity index (χ1v) is 7.06. The fourth-order valence-corrected chi connectivity index (χ4v) is 3.18. The Hall–Kier alpha value is -0.670. The van der Waals surface area contributed by atoms with Gasteiger partial charge in [0.05, 0.1) is 0 Å². The predicted molar refractivity (Wildman–Crippen MR) is 77.5 cm³/mol. The normalized spacial score (nSPS) is 18.7. The molecule has 1 aromatic rings. The van der Waals surface area contributed by atoms with Crippen LogP contribution in [0.15, 0.2) is 28.7 Å².